The smallest absolute Gasteiger partial charge is 0.333 e. The number of fused-ring (bicyclic) bond motifs is 6. The molecule has 0 spiro atoms. The zero-order chi connectivity index (χ0) is 32.1. The van der Waals surface area contributed by atoms with Crippen LogP contribution in [0.15, 0.2) is 109 Å². The Hall–Kier alpha value is -5.84. The lowest BCUT2D eigenvalue weighted by atomic mass is 9.78. The predicted molar refractivity (Wildman–Crippen MR) is 179 cm³/mol. The summed E-state index contributed by atoms with van der Waals surface area (Å²) in [5, 5.41) is 0. The molecule has 0 radical (unpaired) electrons. The summed E-state index contributed by atoms with van der Waals surface area (Å²) in [5.41, 5.74) is 8.10. The van der Waals surface area contributed by atoms with Crippen LogP contribution in [-0.2, 0) is 30.1 Å². The van der Waals surface area contributed by atoms with E-state index in [9.17, 15) is 9.59 Å². The zero-order valence-corrected chi connectivity index (χ0v) is 26.0. The van der Waals surface area contributed by atoms with E-state index in [1.807, 2.05) is 123 Å². The van der Waals surface area contributed by atoms with Crippen LogP contribution in [0.2, 0.25) is 0 Å². The number of rotatable bonds is 2. The Labute approximate surface area is 269 Å². The van der Waals surface area contributed by atoms with Crippen LogP contribution >= 0.6 is 0 Å². The van der Waals surface area contributed by atoms with E-state index >= 15 is 0 Å². The van der Waals surface area contributed by atoms with Crippen LogP contribution in [0.4, 0.5) is 0 Å². The van der Waals surface area contributed by atoms with Crippen molar-refractivity contribution in [3.63, 3.8) is 0 Å². The Morgan fingerprint density at radius 2 is 1.00 bits per heavy atom. The number of hydrogen-bond acceptors (Lipinski definition) is 4. The van der Waals surface area contributed by atoms with Gasteiger partial charge in [0.15, 0.2) is 5.41 Å². The van der Waals surface area contributed by atoms with Gasteiger partial charge < -0.3 is 9.47 Å². The lowest BCUT2D eigenvalue weighted by Gasteiger charge is -2.25. The number of carbonyl (C=O) groups excluding carboxylic acids is 2. The third kappa shape index (κ3) is 4.26. The fraction of sp³-hybridized carbons (Fsp3) is 0.143. The fourth-order valence-electron chi connectivity index (χ4n) is 6.91. The maximum Gasteiger partial charge on any atom is 0.333 e. The van der Waals surface area contributed by atoms with Gasteiger partial charge in [0.2, 0.25) is 5.60 Å². The summed E-state index contributed by atoms with van der Waals surface area (Å²) in [6.07, 6.45) is 0. The summed E-state index contributed by atoms with van der Waals surface area (Å²) in [7, 11) is 1.40. The highest BCUT2D eigenvalue weighted by molar-refractivity contribution is 6.01. The lowest BCUT2D eigenvalue weighted by Crippen LogP contribution is -2.35. The largest absolute Gasteiger partial charge is 0.467 e. The van der Waals surface area contributed by atoms with E-state index in [-0.39, 0.29) is 0 Å². The van der Waals surface area contributed by atoms with Gasteiger partial charge in [0, 0.05) is 29.2 Å². The van der Waals surface area contributed by atoms with Crippen molar-refractivity contribution in [2.24, 2.45) is 0 Å². The summed E-state index contributed by atoms with van der Waals surface area (Å²) < 4.78 is 11.5. The Balaban J connectivity index is 1.39. The molecule has 2 aliphatic carbocycles. The van der Waals surface area contributed by atoms with Crippen molar-refractivity contribution < 1.29 is 19.1 Å². The molecule has 46 heavy (non-hydrogen) atoms. The number of benzene rings is 5. The molecule has 4 nitrogen and oxygen atoms in total. The van der Waals surface area contributed by atoms with E-state index in [2.05, 4.69) is 23.7 Å². The van der Waals surface area contributed by atoms with E-state index in [1.165, 1.54) is 14.0 Å². The van der Waals surface area contributed by atoms with Gasteiger partial charge in [-0.05, 0) is 70.3 Å². The molecule has 0 amide bonds. The first kappa shape index (κ1) is 28.9. The number of methoxy groups -OCH3 is 1. The first-order valence-corrected chi connectivity index (χ1v) is 15.1. The van der Waals surface area contributed by atoms with Crippen molar-refractivity contribution in [2.75, 3.05) is 7.11 Å². The average molecular weight is 599 g/mol. The van der Waals surface area contributed by atoms with Gasteiger partial charge in [-0.2, -0.15) is 0 Å². The normalized spacial score (nSPS) is 13.8. The minimum absolute atomic E-state index is 0.418. The highest BCUT2D eigenvalue weighted by Crippen LogP contribution is 2.50. The molecule has 0 aromatic heterocycles. The number of esters is 2. The van der Waals surface area contributed by atoms with Gasteiger partial charge in [-0.3, -0.25) is 4.79 Å². The van der Waals surface area contributed by atoms with E-state index < -0.39 is 23.0 Å². The second-order valence-corrected chi connectivity index (χ2v) is 11.7. The van der Waals surface area contributed by atoms with Crippen LogP contribution in [-0.4, -0.2) is 19.0 Å². The van der Waals surface area contributed by atoms with Crippen molar-refractivity contribution in [1.29, 1.82) is 0 Å². The van der Waals surface area contributed by atoms with Crippen molar-refractivity contribution >= 4 is 11.9 Å². The molecule has 0 bridgehead atoms. The third-order valence-corrected chi connectivity index (χ3v) is 8.97. The molecule has 2 aliphatic rings. The molecule has 0 aliphatic heterocycles. The fourth-order valence-corrected chi connectivity index (χ4v) is 6.91. The van der Waals surface area contributed by atoms with Crippen LogP contribution < -0.4 is 0 Å². The van der Waals surface area contributed by atoms with Gasteiger partial charge in [0.05, 0.1) is 7.11 Å². The maximum absolute atomic E-state index is 13.7. The van der Waals surface area contributed by atoms with Crippen LogP contribution in [0, 0.1) is 37.5 Å². The molecule has 0 N–H and O–H groups in total. The topological polar surface area (TPSA) is 52.6 Å². The van der Waals surface area contributed by atoms with Gasteiger partial charge in [-0.25, -0.2) is 4.79 Å². The number of carbonyl (C=O) groups is 2. The molecule has 4 heteroatoms. The molecule has 0 unspecified atom stereocenters. The van der Waals surface area contributed by atoms with Crippen molar-refractivity contribution in [3.8, 4) is 45.9 Å². The molecule has 5 aromatic rings. The van der Waals surface area contributed by atoms with E-state index in [0.717, 1.165) is 66.8 Å². The molecular weight excluding hydrogens is 568 g/mol. The zero-order valence-electron chi connectivity index (χ0n) is 26.0. The van der Waals surface area contributed by atoms with Crippen molar-refractivity contribution in [2.45, 2.75) is 31.8 Å². The second kappa shape index (κ2) is 11.0. The summed E-state index contributed by atoms with van der Waals surface area (Å²) >= 11 is 0. The highest BCUT2D eigenvalue weighted by atomic mass is 16.6. The first-order chi connectivity index (χ1) is 22.3. The molecule has 0 atom stereocenters. The van der Waals surface area contributed by atoms with Gasteiger partial charge in [0.25, 0.3) is 0 Å². The lowest BCUT2D eigenvalue weighted by molar-refractivity contribution is -0.149. The van der Waals surface area contributed by atoms with Gasteiger partial charge in [0.1, 0.15) is 0 Å². The minimum Gasteiger partial charge on any atom is -0.467 e. The second-order valence-electron chi connectivity index (χ2n) is 11.7. The Bertz CT molecular complexity index is 2130. The molecule has 222 valence electrons. The summed E-state index contributed by atoms with van der Waals surface area (Å²) in [5.74, 6) is 12.6. The molecular formula is C42H30O4. The molecule has 0 heterocycles. The predicted octanol–water partition coefficient (Wildman–Crippen LogP) is 7.63. The minimum atomic E-state index is -1.28. The summed E-state index contributed by atoms with van der Waals surface area (Å²) in [6.45, 7) is 5.41. The van der Waals surface area contributed by atoms with Crippen LogP contribution in [0.1, 0.15) is 51.4 Å². The van der Waals surface area contributed by atoms with E-state index in [0.29, 0.717) is 0 Å². The standard InChI is InChI=1S/C42H30O4/c1-27-25-28(2)31(22-24-42(46-29(3)43)38-19-11-7-15-34(38)35-16-8-12-20-39(35)42)26-30(27)21-23-41(40(44)45-4)36-17-9-5-13-32(36)33-14-6-10-18-37(33)41/h5-20,25-26H,1-4H3. The van der Waals surface area contributed by atoms with Crippen molar-refractivity contribution in [1.82, 2.24) is 0 Å². The molecule has 7 rings (SSSR count). The van der Waals surface area contributed by atoms with Crippen LogP contribution in [0.3, 0.4) is 0 Å². The summed E-state index contributed by atoms with van der Waals surface area (Å²) in [6, 6.07) is 35.5. The van der Waals surface area contributed by atoms with Crippen molar-refractivity contribution in [3.05, 3.63) is 154 Å². The molecule has 0 fully saturated rings. The number of aryl methyl sites for hydroxylation is 2. The average Bonchev–Trinajstić information content (AvgIpc) is 3.51. The highest BCUT2D eigenvalue weighted by Gasteiger charge is 2.49. The SMILES string of the molecule is COC(=O)C1(C#Cc2cc(C#CC3(OC(C)=O)c4ccccc4-c4ccccc43)c(C)cc2C)c2ccccc2-c2ccccc21. The molecule has 0 saturated carbocycles. The van der Waals surface area contributed by atoms with Gasteiger partial charge in [-0.1, -0.05) is 121 Å². The number of hydrogen-bond donors (Lipinski definition) is 0. The third-order valence-electron chi connectivity index (χ3n) is 8.97. The van der Waals surface area contributed by atoms with Gasteiger partial charge >= 0.3 is 11.9 Å². The molecule has 0 saturated heterocycles. The quantitative estimate of drug-likeness (QED) is 0.155. The monoisotopic (exact) mass is 598 g/mol. The van der Waals surface area contributed by atoms with Crippen LogP contribution in [0.25, 0.3) is 22.3 Å². The maximum atomic E-state index is 13.7. The Kier molecular flexibility index (Phi) is 6.88. The van der Waals surface area contributed by atoms with Crippen LogP contribution in [0.5, 0.6) is 0 Å². The summed E-state index contributed by atoms with van der Waals surface area (Å²) in [4.78, 5) is 26.2. The molecule has 5 aromatic carbocycles. The van der Waals surface area contributed by atoms with E-state index in [4.69, 9.17) is 9.47 Å². The Morgan fingerprint density at radius 1 is 0.587 bits per heavy atom. The first-order valence-electron chi connectivity index (χ1n) is 15.1. The number of ether oxygens (including phenoxy) is 2. The Morgan fingerprint density at radius 3 is 1.46 bits per heavy atom. The van der Waals surface area contributed by atoms with Gasteiger partial charge in [-0.15, -0.1) is 0 Å². The van der Waals surface area contributed by atoms with E-state index in [1.54, 1.807) is 0 Å².